The van der Waals surface area contributed by atoms with Gasteiger partial charge < -0.3 is 66.8 Å². The van der Waals surface area contributed by atoms with Crippen molar-refractivity contribution in [2.75, 3.05) is 66.1 Å². The number of amides is 2. The smallest absolute Gasteiger partial charge is 0.286 e. The number of nitro benzene ring substituents is 1. The van der Waals surface area contributed by atoms with E-state index in [1.807, 2.05) is 0 Å². The van der Waals surface area contributed by atoms with Crippen LogP contribution in [0.15, 0.2) is 24.3 Å². The number of likely N-dealkylation sites (tertiary alicyclic amines) is 2. The van der Waals surface area contributed by atoms with Gasteiger partial charge in [-0.25, -0.2) is 0 Å². The van der Waals surface area contributed by atoms with E-state index in [-0.39, 0.29) is 107 Å². The van der Waals surface area contributed by atoms with Crippen molar-refractivity contribution in [1.29, 1.82) is 0 Å². The number of rotatable bonds is 17. The van der Waals surface area contributed by atoms with E-state index in [4.69, 9.17) is 29.8 Å². The summed E-state index contributed by atoms with van der Waals surface area (Å²) in [5, 5.41) is 37.9. The normalized spacial score (nSPS) is 15.4. The van der Waals surface area contributed by atoms with Crippen LogP contribution in [-0.4, -0.2) is 126 Å². The fourth-order valence-electron chi connectivity index (χ4n) is 6.08. The van der Waals surface area contributed by atoms with Crippen molar-refractivity contribution in [3.05, 3.63) is 52.9 Å². The summed E-state index contributed by atoms with van der Waals surface area (Å²) in [6.07, 6.45) is 4.92. The van der Waals surface area contributed by atoms with E-state index in [0.717, 1.165) is 19.3 Å². The number of anilines is 1. The van der Waals surface area contributed by atoms with Crippen LogP contribution >= 0.6 is 0 Å². The van der Waals surface area contributed by atoms with E-state index in [9.17, 15) is 39.5 Å². The first-order valence-electron chi connectivity index (χ1n) is 18.3. The fraction of sp³-hybridized carbons (Fsp3) is 0.564. The molecule has 0 radical (unpaired) electrons. The minimum Gasteiger partial charge on any atom is -0.493 e. The maximum absolute atomic E-state index is 12.8. The largest absolute Gasteiger partial charge is 0.493 e. The van der Waals surface area contributed by atoms with Crippen molar-refractivity contribution in [3.8, 4) is 23.0 Å². The van der Waals surface area contributed by atoms with Crippen LogP contribution in [0.1, 0.15) is 92.9 Å². The number of carbonyl (C=O) groups is 4. The van der Waals surface area contributed by atoms with Gasteiger partial charge in [0.05, 0.1) is 69.3 Å². The van der Waals surface area contributed by atoms with Gasteiger partial charge in [0.1, 0.15) is 17.1 Å². The first-order chi connectivity index (χ1) is 26.3. The van der Waals surface area contributed by atoms with Crippen LogP contribution in [0.3, 0.4) is 0 Å². The standard InChI is InChI=1S/C18H24N2O7.C18H26N2O5.C2H6O.CH3.Pd/c1-12(22)5-4-8-27-17-10-15(20(24)25)14(9-16(17)26-2)18(23)19-7-3-6-13(19)11-21;1-12(22)5-4-8-25-17-10-15(19)14(9-16(17)24-2)18(23)20-7-3-6-13(20)11-21;1-2-3;;/h9-10,13,21H,3-8,11H2,1-2H3;9-10,13,21H,3-8,11,19H2,1-2H3;3H,2H2,1H3;1H3;/q;;;-1;/t2*13-;;;/m00.../s1. The van der Waals surface area contributed by atoms with Crippen molar-refractivity contribution >= 4 is 34.8 Å². The number of aliphatic hydroxyl groups is 3. The van der Waals surface area contributed by atoms with E-state index in [1.54, 1.807) is 24.0 Å². The Balaban J connectivity index is 0.000000998. The van der Waals surface area contributed by atoms with Crippen LogP contribution in [0, 0.1) is 17.5 Å². The van der Waals surface area contributed by atoms with Gasteiger partial charge in [0.25, 0.3) is 17.5 Å². The van der Waals surface area contributed by atoms with Crippen LogP contribution < -0.4 is 24.7 Å². The first kappa shape index (κ1) is 52.7. The Kier molecular flexibility index (Phi) is 25.2. The van der Waals surface area contributed by atoms with Crippen LogP contribution in [0.4, 0.5) is 11.4 Å². The number of nitrogen functional groups attached to an aromatic ring is 1. The van der Waals surface area contributed by atoms with Gasteiger partial charge in [0, 0.05) is 70.8 Å². The number of ether oxygens (including phenoxy) is 4. The third-order valence-corrected chi connectivity index (χ3v) is 8.83. The second-order valence-corrected chi connectivity index (χ2v) is 12.9. The van der Waals surface area contributed by atoms with E-state index in [2.05, 4.69) is 0 Å². The predicted octanol–water partition coefficient (Wildman–Crippen LogP) is 4.02. The molecule has 0 aromatic heterocycles. The summed E-state index contributed by atoms with van der Waals surface area (Å²) in [5.74, 6) is 0.619. The zero-order chi connectivity index (χ0) is 41.1. The number of carbonyl (C=O) groups excluding carboxylic acids is 4. The molecule has 2 aliphatic rings. The quantitative estimate of drug-likeness (QED) is 0.0438. The van der Waals surface area contributed by atoms with Crippen LogP contribution in [0.5, 0.6) is 23.0 Å². The van der Waals surface area contributed by atoms with Gasteiger partial charge in [-0.3, -0.25) is 19.7 Å². The minimum absolute atomic E-state index is 0. The molecule has 2 fully saturated rings. The van der Waals surface area contributed by atoms with Crippen molar-refractivity contribution < 1.29 is 78.8 Å². The summed E-state index contributed by atoms with van der Waals surface area (Å²) in [6.45, 7) is 6.30. The number of hydrogen-bond acceptors (Lipinski definition) is 14. The Morgan fingerprint density at radius 3 is 1.56 bits per heavy atom. The molecule has 324 valence electrons. The van der Waals surface area contributed by atoms with E-state index < -0.39 is 10.8 Å². The first-order valence-corrected chi connectivity index (χ1v) is 18.3. The van der Waals surface area contributed by atoms with E-state index in [0.29, 0.717) is 74.6 Å². The zero-order valence-corrected chi connectivity index (χ0v) is 35.3. The van der Waals surface area contributed by atoms with E-state index >= 15 is 0 Å². The average molecular weight is 898 g/mol. The fourth-order valence-corrected chi connectivity index (χ4v) is 6.08. The Bertz CT molecular complexity index is 1610. The molecule has 2 aromatic rings. The molecule has 0 aliphatic carbocycles. The Morgan fingerprint density at radius 2 is 1.18 bits per heavy atom. The summed E-state index contributed by atoms with van der Waals surface area (Å²) < 4.78 is 21.7. The summed E-state index contributed by atoms with van der Waals surface area (Å²) in [6, 6.07) is 5.11. The molecular weight excluding hydrogens is 839 g/mol. The number of benzene rings is 2. The third-order valence-electron chi connectivity index (χ3n) is 8.83. The number of nitrogens with zero attached hydrogens (tertiary/aromatic N) is 3. The molecule has 2 amide bonds. The van der Waals surface area contributed by atoms with Crippen molar-refractivity contribution in [2.24, 2.45) is 0 Å². The number of aliphatic hydroxyl groups excluding tert-OH is 3. The Labute approximate surface area is 348 Å². The molecule has 4 rings (SSSR count). The van der Waals surface area contributed by atoms with Crippen molar-refractivity contribution in [3.63, 3.8) is 0 Å². The summed E-state index contributed by atoms with van der Waals surface area (Å²) >= 11 is 0. The molecule has 18 heteroatoms. The average Bonchev–Trinajstić information content (AvgIpc) is 3.85. The molecule has 0 unspecified atom stereocenters. The maximum Gasteiger partial charge on any atom is 0.286 e. The van der Waals surface area contributed by atoms with Crippen molar-refractivity contribution in [2.45, 2.75) is 84.2 Å². The molecule has 17 nitrogen and oxygen atoms in total. The summed E-state index contributed by atoms with van der Waals surface area (Å²) in [5.41, 5.74) is 6.21. The van der Waals surface area contributed by atoms with Crippen molar-refractivity contribution in [1.82, 2.24) is 9.80 Å². The van der Waals surface area contributed by atoms with E-state index in [1.165, 1.54) is 45.1 Å². The molecule has 2 saturated heterocycles. The molecule has 2 atom stereocenters. The van der Waals surface area contributed by atoms with Crippen LogP contribution in [0.2, 0.25) is 0 Å². The molecular formula is C39H59N4O13Pd-. The summed E-state index contributed by atoms with van der Waals surface area (Å²) in [4.78, 5) is 61.5. The number of ketones is 2. The van der Waals surface area contributed by atoms with Gasteiger partial charge in [-0.2, -0.15) is 0 Å². The monoisotopic (exact) mass is 897 g/mol. The maximum atomic E-state index is 12.8. The van der Waals surface area contributed by atoms with Gasteiger partial charge in [-0.1, -0.05) is 0 Å². The van der Waals surface area contributed by atoms with Gasteiger partial charge in [0.2, 0.25) is 0 Å². The minimum atomic E-state index is -0.640. The Morgan fingerprint density at radius 1 is 0.772 bits per heavy atom. The van der Waals surface area contributed by atoms with Crippen LogP contribution in [0.25, 0.3) is 0 Å². The van der Waals surface area contributed by atoms with Crippen LogP contribution in [-0.2, 0) is 30.0 Å². The predicted molar refractivity (Wildman–Crippen MR) is 209 cm³/mol. The zero-order valence-electron chi connectivity index (χ0n) is 33.7. The number of methoxy groups -OCH3 is 2. The molecule has 2 heterocycles. The molecule has 57 heavy (non-hydrogen) atoms. The molecule has 0 bridgehead atoms. The SMILES string of the molecule is CCO.COc1cc(C(=O)N2CCC[C@H]2CO)c(N)cc1OCCCC(C)=O.COc1cc(C(=O)N2CCC[C@H]2CO)c([N+](=O)[O-])cc1OCCCC(C)=O.[CH3-].[Pd]. The van der Waals surface area contributed by atoms with Gasteiger partial charge in [-0.05, 0) is 65.4 Å². The summed E-state index contributed by atoms with van der Waals surface area (Å²) in [7, 11) is 2.87. The third kappa shape index (κ3) is 15.8. The van der Waals surface area contributed by atoms with Gasteiger partial charge >= 0.3 is 0 Å². The second-order valence-electron chi connectivity index (χ2n) is 12.9. The number of hydrogen-bond donors (Lipinski definition) is 4. The Hall–Kier alpha value is -4.34. The number of nitrogens with two attached hydrogens (primary N) is 1. The molecule has 5 N–H and O–H groups in total. The number of nitro groups is 1. The molecule has 2 aromatic carbocycles. The topological polar surface area (TPSA) is 242 Å². The van der Waals surface area contributed by atoms with Gasteiger partial charge in [-0.15, -0.1) is 0 Å². The van der Waals surface area contributed by atoms with Gasteiger partial charge in [0.15, 0.2) is 23.0 Å². The number of Topliss-reactive ketones (excluding diaryl/α,β-unsaturated/α-hetero) is 2. The molecule has 0 spiro atoms. The second kappa shape index (κ2) is 27.3. The molecule has 2 aliphatic heterocycles. The molecule has 0 saturated carbocycles.